The van der Waals surface area contributed by atoms with E-state index in [-0.39, 0.29) is 49.7 Å². The largest absolute Gasteiger partial charge is 0.506 e. The number of para-hydroxylation sites is 1. The number of phenols is 1. The number of likely N-dealkylation sites (tertiary alicyclic amines) is 3. The average molecular weight is 877 g/mol. The number of anilines is 1. The predicted octanol–water partition coefficient (Wildman–Crippen LogP) is 5.49. The standard InChI is InChI=1S/C43H56ClF3N6O8/c44-35-26-29(25-34(39(35)55)43(45,46)47)27-37(61-42(58)52-16-10-33(11-17-52)53-18-9-32-3-1-2-4-36(32)48-41(53)57)40(56)51-14-7-31(8-15-51)30-5-12-50(13-6-30)28-38(54)60-24-21-49-19-22-59-23-20-49/h1-4,25-26,30-31,33,37,55H,5-24,27-28H2,(H,48,57)/t37-/m1/s1. The van der Waals surface area contributed by atoms with Crippen molar-refractivity contribution in [3.8, 4) is 5.75 Å². The number of phenolic OH excluding ortho intramolecular Hbond substituents is 1. The Kier molecular flexibility index (Phi) is 14.8. The molecule has 4 amide bonds. The van der Waals surface area contributed by atoms with Crippen LogP contribution in [0.5, 0.6) is 5.75 Å². The minimum atomic E-state index is -4.91. The second-order valence-corrected chi connectivity index (χ2v) is 17.2. The smallest absolute Gasteiger partial charge is 0.420 e. The maximum absolute atomic E-state index is 14.2. The zero-order valence-corrected chi connectivity index (χ0v) is 35.1. The number of nitrogens with one attached hydrogen (secondary N) is 1. The Hall–Kier alpha value is -4.32. The van der Waals surface area contributed by atoms with Crippen molar-refractivity contribution in [2.45, 2.75) is 69.7 Å². The molecule has 0 aromatic heterocycles. The lowest BCUT2D eigenvalue weighted by atomic mass is 9.78. The molecule has 0 aliphatic carbocycles. The highest BCUT2D eigenvalue weighted by Crippen LogP contribution is 2.41. The molecule has 2 aromatic carbocycles. The summed E-state index contributed by atoms with van der Waals surface area (Å²) in [5.74, 6) is -1.09. The number of alkyl halides is 3. The molecule has 0 bridgehead atoms. The number of hydrogen-bond donors (Lipinski definition) is 2. The molecule has 61 heavy (non-hydrogen) atoms. The van der Waals surface area contributed by atoms with Crippen molar-refractivity contribution in [2.24, 2.45) is 11.8 Å². The Labute approximate surface area is 359 Å². The Bertz CT molecular complexity index is 1860. The number of piperidine rings is 3. The summed E-state index contributed by atoms with van der Waals surface area (Å²) in [6.45, 7) is 7.74. The minimum Gasteiger partial charge on any atom is -0.506 e. The van der Waals surface area contributed by atoms with Crippen molar-refractivity contribution in [1.82, 2.24) is 24.5 Å². The van der Waals surface area contributed by atoms with Crippen molar-refractivity contribution < 1.29 is 51.7 Å². The van der Waals surface area contributed by atoms with E-state index in [0.717, 1.165) is 62.4 Å². The molecule has 4 saturated heterocycles. The number of ether oxygens (including phenoxy) is 3. The summed E-state index contributed by atoms with van der Waals surface area (Å²) in [5, 5.41) is 12.5. The normalized spacial score (nSPS) is 21.0. The van der Waals surface area contributed by atoms with Crippen LogP contribution < -0.4 is 5.32 Å². The highest BCUT2D eigenvalue weighted by atomic mass is 35.5. The van der Waals surface area contributed by atoms with Gasteiger partial charge in [0.25, 0.3) is 5.91 Å². The SMILES string of the molecule is O=C(CN1CCC(C2CCN(C(=O)[C@@H](Cc3cc(Cl)c(O)c(C(F)(F)F)c3)OC(=O)N3CCC(N4CCc5ccccc5NC4=O)CC3)CC2)CC1)OCCN1CCOCC1. The molecular formula is C43H56ClF3N6O8. The number of nitrogens with zero attached hydrogens (tertiary/aromatic N) is 5. The number of aromatic hydroxyl groups is 1. The number of benzene rings is 2. The van der Waals surface area contributed by atoms with Crippen LogP contribution in [-0.2, 0) is 42.8 Å². The molecule has 1 atom stereocenters. The zero-order valence-electron chi connectivity index (χ0n) is 34.4. The van der Waals surface area contributed by atoms with Crippen LogP contribution in [0.4, 0.5) is 28.4 Å². The van der Waals surface area contributed by atoms with Gasteiger partial charge < -0.3 is 39.3 Å². The number of hydrogen-bond acceptors (Lipinski definition) is 10. The molecule has 0 saturated carbocycles. The second kappa shape index (κ2) is 20.2. The van der Waals surface area contributed by atoms with Crippen molar-refractivity contribution in [1.29, 1.82) is 0 Å². The second-order valence-electron chi connectivity index (χ2n) is 16.7. The maximum atomic E-state index is 14.2. The molecule has 14 nitrogen and oxygen atoms in total. The van der Waals surface area contributed by atoms with E-state index in [9.17, 15) is 37.5 Å². The van der Waals surface area contributed by atoms with Crippen LogP contribution in [0.15, 0.2) is 36.4 Å². The van der Waals surface area contributed by atoms with Gasteiger partial charge in [-0.05, 0) is 99.2 Å². The molecule has 334 valence electrons. The summed E-state index contributed by atoms with van der Waals surface area (Å²) < 4.78 is 58.3. The summed E-state index contributed by atoms with van der Waals surface area (Å²) in [6, 6.07) is 9.20. The molecule has 18 heteroatoms. The highest BCUT2D eigenvalue weighted by Gasteiger charge is 2.39. The molecular weight excluding hydrogens is 821 g/mol. The van der Waals surface area contributed by atoms with E-state index in [1.54, 1.807) is 9.80 Å². The lowest BCUT2D eigenvalue weighted by Gasteiger charge is -2.41. The number of urea groups is 1. The Morgan fingerprint density at radius 3 is 2.21 bits per heavy atom. The van der Waals surface area contributed by atoms with Gasteiger partial charge in [0.05, 0.1) is 30.3 Å². The van der Waals surface area contributed by atoms with Gasteiger partial charge in [-0.3, -0.25) is 19.4 Å². The molecule has 4 fully saturated rings. The number of rotatable bonds is 11. The van der Waals surface area contributed by atoms with Crippen LogP contribution >= 0.6 is 11.6 Å². The van der Waals surface area contributed by atoms with Gasteiger partial charge in [0.2, 0.25) is 0 Å². The molecule has 0 spiro atoms. The third-order valence-electron chi connectivity index (χ3n) is 13.0. The monoisotopic (exact) mass is 876 g/mol. The molecule has 0 radical (unpaired) electrons. The molecule has 5 aliphatic heterocycles. The summed E-state index contributed by atoms with van der Waals surface area (Å²) >= 11 is 6.03. The number of morpholine rings is 1. The van der Waals surface area contributed by atoms with Gasteiger partial charge in [-0.25, -0.2) is 9.59 Å². The van der Waals surface area contributed by atoms with Crippen LogP contribution in [0.25, 0.3) is 0 Å². The quantitative estimate of drug-likeness (QED) is 0.278. The summed E-state index contributed by atoms with van der Waals surface area (Å²) in [5.41, 5.74) is 0.461. The maximum Gasteiger partial charge on any atom is 0.420 e. The number of halogens is 4. The van der Waals surface area contributed by atoms with Crippen molar-refractivity contribution in [3.63, 3.8) is 0 Å². The molecule has 5 aliphatic rings. The first-order chi connectivity index (χ1) is 29.3. The van der Waals surface area contributed by atoms with Gasteiger partial charge in [-0.15, -0.1) is 0 Å². The van der Waals surface area contributed by atoms with Crippen molar-refractivity contribution >= 4 is 41.3 Å². The van der Waals surface area contributed by atoms with E-state index in [0.29, 0.717) is 89.9 Å². The third kappa shape index (κ3) is 11.6. The Balaban J connectivity index is 0.925. The van der Waals surface area contributed by atoms with Crippen LogP contribution in [0.1, 0.15) is 55.2 Å². The van der Waals surface area contributed by atoms with Gasteiger partial charge in [0, 0.05) is 70.5 Å². The Morgan fingerprint density at radius 2 is 1.52 bits per heavy atom. The van der Waals surface area contributed by atoms with Crippen LogP contribution in [-0.4, -0.2) is 158 Å². The van der Waals surface area contributed by atoms with Crippen LogP contribution in [0, 0.1) is 11.8 Å². The zero-order chi connectivity index (χ0) is 43.1. The summed E-state index contributed by atoms with van der Waals surface area (Å²) in [4.78, 5) is 62.8. The number of amides is 4. The first kappa shape index (κ1) is 44.7. The van der Waals surface area contributed by atoms with E-state index in [1.807, 2.05) is 24.3 Å². The molecule has 5 heterocycles. The van der Waals surface area contributed by atoms with Crippen LogP contribution in [0.3, 0.4) is 0 Å². The average Bonchev–Trinajstić information content (AvgIpc) is 3.42. The Morgan fingerprint density at radius 1 is 0.869 bits per heavy atom. The predicted molar refractivity (Wildman–Crippen MR) is 219 cm³/mol. The summed E-state index contributed by atoms with van der Waals surface area (Å²) in [6.07, 6.45) is -2.62. The van der Waals surface area contributed by atoms with E-state index in [2.05, 4.69) is 15.1 Å². The fourth-order valence-corrected chi connectivity index (χ4v) is 9.64. The third-order valence-corrected chi connectivity index (χ3v) is 13.2. The number of carbonyl (C=O) groups excluding carboxylic acids is 4. The lowest BCUT2D eigenvalue weighted by molar-refractivity contribution is -0.146. The van der Waals surface area contributed by atoms with Gasteiger partial charge in [0.1, 0.15) is 12.4 Å². The first-order valence-corrected chi connectivity index (χ1v) is 21.9. The number of carbonyl (C=O) groups is 4. The fourth-order valence-electron chi connectivity index (χ4n) is 9.40. The van der Waals surface area contributed by atoms with Gasteiger partial charge in [-0.1, -0.05) is 29.8 Å². The number of esters is 1. The van der Waals surface area contributed by atoms with E-state index >= 15 is 0 Å². The summed E-state index contributed by atoms with van der Waals surface area (Å²) in [7, 11) is 0. The van der Waals surface area contributed by atoms with Gasteiger partial charge in [-0.2, -0.15) is 13.2 Å². The van der Waals surface area contributed by atoms with E-state index < -0.39 is 40.6 Å². The van der Waals surface area contributed by atoms with Crippen molar-refractivity contribution in [2.75, 3.05) is 97.1 Å². The molecule has 7 rings (SSSR count). The lowest BCUT2D eigenvalue weighted by Crippen LogP contribution is -2.52. The van der Waals surface area contributed by atoms with E-state index in [4.69, 9.17) is 25.8 Å². The molecule has 2 N–H and O–H groups in total. The van der Waals surface area contributed by atoms with Gasteiger partial charge in [0.15, 0.2) is 6.10 Å². The minimum absolute atomic E-state index is 0.0178. The highest BCUT2D eigenvalue weighted by molar-refractivity contribution is 6.32. The topological polar surface area (TPSA) is 144 Å². The van der Waals surface area contributed by atoms with Crippen molar-refractivity contribution in [3.05, 3.63) is 58.1 Å². The van der Waals surface area contributed by atoms with Crippen LogP contribution in [0.2, 0.25) is 5.02 Å². The fraction of sp³-hybridized carbons (Fsp3) is 0.628. The first-order valence-electron chi connectivity index (χ1n) is 21.5. The van der Waals surface area contributed by atoms with E-state index in [1.165, 1.54) is 4.90 Å². The number of fused-ring (bicyclic) bond motifs is 1. The van der Waals surface area contributed by atoms with Gasteiger partial charge >= 0.3 is 24.3 Å². The molecule has 2 aromatic rings. The molecule has 0 unspecified atom stereocenters.